The summed E-state index contributed by atoms with van der Waals surface area (Å²) in [7, 11) is 1.30. The summed E-state index contributed by atoms with van der Waals surface area (Å²) in [6, 6.07) is -0.342. The molecule has 1 saturated carbocycles. The van der Waals surface area contributed by atoms with Crippen molar-refractivity contribution in [2.45, 2.75) is 32.8 Å². The fraction of sp³-hybridized carbons (Fsp3) is 0.833. The normalized spacial score (nSPS) is 18.2. The minimum Gasteiger partial charge on any atom is -0.479 e. The summed E-state index contributed by atoms with van der Waals surface area (Å²) in [5, 5.41) is 14.0. The highest BCUT2D eigenvalue weighted by atomic mass is 16.5. The van der Waals surface area contributed by atoms with Crippen LogP contribution in [0.25, 0.3) is 0 Å². The average molecular weight is 258 g/mol. The molecule has 0 saturated heterocycles. The lowest BCUT2D eigenvalue weighted by Crippen LogP contribution is -2.44. The lowest BCUT2D eigenvalue weighted by Gasteiger charge is -2.20. The van der Waals surface area contributed by atoms with Crippen LogP contribution in [-0.4, -0.2) is 43.4 Å². The quantitative estimate of drug-likeness (QED) is 0.631. The van der Waals surface area contributed by atoms with Gasteiger partial charge >= 0.3 is 12.0 Å². The van der Waals surface area contributed by atoms with Crippen LogP contribution in [0.2, 0.25) is 0 Å². The molecule has 3 N–H and O–H groups in total. The molecule has 2 amide bonds. The molecule has 1 atom stereocenters. The monoisotopic (exact) mass is 258 g/mol. The summed E-state index contributed by atoms with van der Waals surface area (Å²) < 4.78 is 4.72. The fourth-order valence-electron chi connectivity index (χ4n) is 1.89. The van der Waals surface area contributed by atoms with Gasteiger partial charge in [0, 0.05) is 13.7 Å². The van der Waals surface area contributed by atoms with E-state index in [1.807, 2.05) is 0 Å². The number of amides is 2. The molecule has 0 heterocycles. The van der Waals surface area contributed by atoms with Crippen molar-refractivity contribution in [2.24, 2.45) is 11.3 Å². The van der Waals surface area contributed by atoms with Gasteiger partial charge in [-0.3, -0.25) is 0 Å². The molecule has 0 aliphatic heterocycles. The van der Waals surface area contributed by atoms with Gasteiger partial charge in [-0.2, -0.15) is 0 Å². The van der Waals surface area contributed by atoms with E-state index in [1.165, 1.54) is 7.11 Å². The summed E-state index contributed by atoms with van der Waals surface area (Å²) in [5.74, 6) is -0.540. The zero-order valence-electron chi connectivity index (χ0n) is 11.2. The summed E-state index contributed by atoms with van der Waals surface area (Å²) >= 11 is 0. The summed E-state index contributed by atoms with van der Waals surface area (Å²) in [6.45, 7) is 4.91. The largest absolute Gasteiger partial charge is 0.479 e. The topological polar surface area (TPSA) is 87.7 Å². The second-order valence-corrected chi connectivity index (χ2v) is 5.14. The molecule has 0 aromatic rings. The molecule has 0 radical (unpaired) electrons. The van der Waals surface area contributed by atoms with Crippen molar-refractivity contribution in [2.75, 3.05) is 20.2 Å². The molecule has 0 spiro atoms. The van der Waals surface area contributed by atoms with Gasteiger partial charge in [-0.05, 0) is 24.2 Å². The Hall–Kier alpha value is -1.30. The number of carbonyl (C=O) groups is 2. The highest BCUT2D eigenvalue weighted by molar-refractivity contribution is 5.76. The van der Waals surface area contributed by atoms with Crippen molar-refractivity contribution < 1.29 is 19.4 Å². The number of rotatable bonds is 7. The minimum atomic E-state index is -1.08. The van der Waals surface area contributed by atoms with Crippen LogP contribution in [-0.2, 0) is 9.53 Å². The number of carboxylic acid groups (broad SMARTS) is 1. The number of methoxy groups -OCH3 is 1. The van der Waals surface area contributed by atoms with E-state index in [4.69, 9.17) is 9.84 Å². The third kappa shape index (κ3) is 3.87. The third-order valence-electron chi connectivity index (χ3n) is 3.73. The van der Waals surface area contributed by atoms with Crippen LogP contribution in [0.15, 0.2) is 0 Å². The van der Waals surface area contributed by atoms with Crippen molar-refractivity contribution in [3.05, 3.63) is 0 Å². The maximum absolute atomic E-state index is 11.5. The lowest BCUT2D eigenvalue weighted by atomic mass is 9.92. The van der Waals surface area contributed by atoms with E-state index in [0.717, 1.165) is 12.8 Å². The number of nitrogens with one attached hydrogen (secondary N) is 2. The second-order valence-electron chi connectivity index (χ2n) is 5.14. The van der Waals surface area contributed by atoms with Gasteiger partial charge in [0.05, 0.1) is 6.54 Å². The van der Waals surface area contributed by atoms with Gasteiger partial charge in [0.2, 0.25) is 0 Å². The Balaban J connectivity index is 2.24. The molecule has 6 nitrogen and oxygen atoms in total. The van der Waals surface area contributed by atoms with Gasteiger partial charge in [0.25, 0.3) is 0 Å². The summed E-state index contributed by atoms with van der Waals surface area (Å²) in [4.78, 5) is 22.2. The SMILES string of the molecule is COC(CNC(=O)NCC1(C(C)C)CC1)C(=O)O. The molecule has 104 valence electrons. The molecule has 0 bridgehead atoms. The molecule has 18 heavy (non-hydrogen) atoms. The van der Waals surface area contributed by atoms with Crippen molar-refractivity contribution in [3.63, 3.8) is 0 Å². The number of carboxylic acids is 1. The molecule has 6 heteroatoms. The highest BCUT2D eigenvalue weighted by Crippen LogP contribution is 2.51. The van der Waals surface area contributed by atoms with Crippen LogP contribution in [0.4, 0.5) is 4.79 Å². The first-order valence-corrected chi connectivity index (χ1v) is 6.18. The maximum atomic E-state index is 11.5. The van der Waals surface area contributed by atoms with Crippen molar-refractivity contribution in [3.8, 4) is 0 Å². The Labute approximate surface area is 107 Å². The highest BCUT2D eigenvalue weighted by Gasteiger charge is 2.45. The molecule has 1 unspecified atom stereocenters. The van der Waals surface area contributed by atoms with Gasteiger partial charge in [0.1, 0.15) is 0 Å². The molecule has 1 aliphatic carbocycles. The average Bonchev–Trinajstić information content (AvgIpc) is 3.07. The van der Waals surface area contributed by atoms with Gasteiger partial charge in [-0.25, -0.2) is 9.59 Å². The minimum absolute atomic E-state index is 0.0354. The second kappa shape index (κ2) is 6.04. The third-order valence-corrected chi connectivity index (χ3v) is 3.73. The Morgan fingerprint density at radius 1 is 1.33 bits per heavy atom. The van der Waals surface area contributed by atoms with Crippen LogP contribution < -0.4 is 10.6 Å². The predicted octanol–water partition coefficient (Wildman–Crippen LogP) is 0.821. The van der Waals surface area contributed by atoms with Crippen LogP contribution in [0, 0.1) is 11.3 Å². The van der Waals surface area contributed by atoms with E-state index in [9.17, 15) is 9.59 Å². The molecule has 0 aromatic carbocycles. The number of urea groups is 1. The fourth-order valence-corrected chi connectivity index (χ4v) is 1.89. The van der Waals surface area contributed by atoms with Crippen LogP contribution in [0.3, 0.4) is 0 Å². The predicted molar refractivity (Wildman–Crippen MR) is 66.3 cm³/mol. The smallest absolute Gasteiger partial charge is 0.334 e. The Morgan fingerprint density at radius 3 is 2.33 bits per heavy atom. The van der Waals surface area contributed by atoms with Crippen molar-refractivity contribution in [1.29, 1.82) is 0 Å². The number of carbonyl (C=O) groups excluding carboxylic acids is 1. The molecular weight excluding hydrogens is 236 g/mol. The van der Waals surface area contributed by atoms with E-state index in [2.05, 4.69) is 24.5 Å². The van der Waals surface area contributed by atoms with Crippen LogP contribution in [0.1, 0.15) is 26.7 Å². The first kappa shape index (κ1) is 14.8. The van der Waals surface area contributed by atoms with Gasteiger partial charge < -0.3 is 20.5 Å². The zero-order chi connectivity index (χ0) is 13.8. The first-order chi connectivity index (χ1) is 8.41. The lowest BCUT2D eigenvalue weighted by molar-refractivity contribution is -0.147. The summed E-state index contributed by atoms with van der Waals surface area (Å²) in [5.41, 5.74) is 0.241. The van der Waals surface area contributed by atoms with Crippen LogP contribution in [0.5, 0.6) is 0 Å². The van der Waals surface area contributed by atoms with Crippen molar-refractivity contribution in [1.82, 2.24) is 10.6 Å². The van der Waals surface area contributed by atoms with E-state index < -0.39 is 12.1 Å². The Bertz CT molecular complexity index is 313. The van der Waals surface area contributed by atoms with Crippen LogP contribution >= 0.6 is 0 Å². The van der Waals surface area contributed by atoms with Gasteiger partial charge in [-0.1, -0.05) is 13.8 Å². The maximum Gasteiger partial charge on any atom is 0.334 e. The van der Waals surface area contributed by atoms with E-state index in [-0.39, 0.29) is 18.0 Å². The molecular formula is C12H22N2O4. The van der Waals surface area contributed by atoms with E-state index >= 15 is 0 Å². The Kier molecular flexibility index (Phi) is 4.95. The molecule has 1 fully saturated rings. The number of aliphatic carboxylic acids is 1. The van der Waals surface area contributed by atoms with E-state index in [1.54, 1.807) is 0 Å². The molecule has 1 aliphatic rings. The molecule has 0 aromatic heterocycles. The Morgan fingerprint density at radius 2 is 1.94 bits per heavy atom. The number of hydrogen-bond donors (Lipinski definition) is 3. The standard InChI is InChI=1S/C12H22N2O4/c1-8(2)12(4-5-12)7-14-11(17)13-6-9(18-3)10(15)16/h8-9H,4-7H2,1-3H3,(H,15,16)(H2,13,14,17). The zero-order valence-corrected chi connectivity index (χ0v) is 11.2. The van der Waals surface area contributed by atoms with Crippen molar-refractivity contribution >= 4 is 12.0 Å². The first-order valence-electron chi connectivity index (χ1n) is 6.18. The van der Waals surface area contributed by atoms with E-state index in [0.29, 0.717) is 12.5 Å². The molecule has 1 rings (SSSR count). The van der Waals surface area contributed by atoms with Gasteiger partial charge in [0.15, 0.2) is 6.10 Å². The summed E-state index contributed by atoms with van der Waals surface area (Å²) in [6.07, 6.45) is 1.28. The number of ether oxygens (including phenoxy) is 1. The number of hydrogen-bond acceptors (Lipinski definition) is 3. The van der Waals surface area contributed by atoms with Gasteiger partial charge in [-0.15, -0.1) is 0 Å².